The van der Waals surface area contributed by atoms with Gasteiger partial charge in [0.1, 0.15) is 18.1 Å². The topological polar surface area (TPSA) is 65.0 Å². The molecule has 0 saturated heterocycles. The molecule has 0 aliphatic heterocycles. The summed E-state index contributed by atoms with van der Waals surface area (Å²) >= 11 is 0. The maximum atomic E-state index is 12.0. The lowest BCUT2D eigenvalue weighted by atomic mass is 10.1. The molecule has 2 rings (SSSR count). The van der Waals surface area contributed by atoms with Gasteiger partial charge in [-0.15, -0.1) is 0 Å². The van der Waals surface area contributed by atoms with Gasteiger partial charge < -0.3 is 19.3 Å². The predicted octanol–water partition coefficient (Wildman–Crippen LogP) is 2.55. The minimum absolute atomic E-state index is 0.0592. The Hall–Kier alpha value is -2.53. The summed E-state index contributed by atoms with van der Waals surface area (Å²) in [4.78, 5) is 12.0. The molecule has 0 fully saturated rings. The summed E-state index contributed by atoms with van der Waals surface area (Å²) in [5.74, 6) is 0.859. The molecule has 0 saturated carbocycles. The van der Waals surface area contributed by atoms with Gasteiger partial charge >= 0.3 is 5.97 Å². The maximum absolute atomic E-state index is 12.0. The van der Waals surface area contributed by atoms with Crippen LogP contribution < -0.4 is 9.47 Å². The summed E-state index contributed by atoms with van der Waals surface area (Å²) < 4.78 is 15.7. The van der Waals surface area contributed by atoms with Crippen molar-refractivity contribution in [2.24, 2.45) is 0 Å². The first-order chi connectivity index (χ1) is 10.7. The molecule has 1 N–H and O–H groups in total. The highest BCUT2D eigenvalue weighted by molar-refractivity contribution is 5.89. The highest BCUT2D eigenvalue weighted by Crippen LogP contribution is 2.24. The van der Waals surface area contributed by atoms with Crippen LogP contribution in [-0.2, 0) is 18.0 Å². The molecule has 116 valence electrons. The molecule has 22 heavy (non-hydrogen) atoms. The monoisotopic (exact) mass is 302 g/mol. The molecular weight excluding hydrogens is 284 g/mol. The van der Waals surface area contributed by atoms with Crippen molar-refractivity contribution >= 4 is 5.97 Å². The Bertz CT molecular complexity index is 634. The number of hydrogen-bond donors (Lipinski definition) is 1. The predicted molar refractivity (Wildman–Crippen MR) is 81.0 cm³/mol. The van der Waals surface area contributed by atoms with Crippen molar-refractivity contribution in [3.8, 4) is 11.5 Å². The van der Waals surface area contributed by atoms with Crippen molar-refractivity contribution in [1.82, 2.24) is 0 Å². The summed E-state index contributed by atoms with van der Waals surface area (Å²) in [6.45, 7) is 0.0251. The van der Waals surface area contributed by atoms with Gasteiger partial charge in [-0.2, -0.15) is 0 Å². The summed E-state index contributed by atoms with van der Waals surface area (Å²) in [6.07, 6.45) is 0. The fourth-order valence-electron chi connectivity index (χ4n) is 1.97. The number of benzene rings is 2. The SMILES string of the molecule is COc1ccc(OC)c(COC(=O)c2ccc(CO)cc2)c1. The van der Waals surface area contributed by atoms with Crippen LogP contribution in [-0.4, -0.2) is 25.3 Å². The molecule has 0 aliphatic carbocycles. The van der Waals surface area contributed by atoms with E-state index in [9.17, 15) is 4.79 Å². The Morgan fingerprint density at radius 2 is 1.77 bits per heavy atom. The first kappa shape index (κ1) is 15.9. The van der Waals surface area contributed by atoms with E-state index in [4.69, 9.17) is 19.3 Å². The number of rotatable bonds is 6. The van der Waals surface area contributed by atoms with E-state index in [-0.39, 0.29) is 13.2 Å². The summed E-state index contributed by atoms with van der Waals surface area (Å²) in [7, 11) is 3.13. The Morgan fingerprint density at radius 1 is 1.05 bits per heavy atom. The van der Waals surface area contributed by atoms with Gasteiger partial charge in [0, 0.05) is 5.56 Å². The Balaban J connectivity index is 2.06. The quantitative estimate of drug-likeness (QED) is 0.831. The largest absolute Gasteiger partial charge is 0.497 e. The van der Waals surface area contributed by atoms with E-state index < -0.39 is 5.97 Å². The molecule has 0 unspecified atom stereocenters. The normalized spacial score (nSPS) is 10.1. The minimum atomic E-state index is -0.436. The molecule has 0 radical (unpaired) electrons. The molecule has 0 spiro atoms. The molecule has 0 aliphatic rings. The van der Waals surface area contributed by atoms with E-state index >= 15 is 0 Å². The van der Waals surface area contributed by atoms with E-state index in [1.54, 1.807) is 56.7 Å². The number of aliphatic hydroxyl groups is 1. The third-order valence-corrected chi connectivity index (χ3v) is 3.22. The van der Waals surface area contributed by atoms with Gasteiger partial charge in [0.05, 0.1) is 26.4 Å². The molecule has 0 bridgehead atoms. The Kier molecular flexibility index (Phi) is 5.38. The average molecular weight is 302 g/mol. The zero-order chi connectivity index (χ0) is 15.9. The third-order valence-electron chi connectivity index (χ3n) is 3.22. The second-order valence-corrected chi connectivity index (χ2v) is 4.61. The number of aliphatic hydroxyl groups excluding tert-OH is 1. The van der Waals surface area contributed by atoms with Crippen LogP contribution in [0.25, 0.3) is 0 Å². The van der Waals surface area contributed by atoms with E-state index in [1.807, 2.05) is 0 Å². The van der Waals surface area contributed by atoms with Gasteiger partial charge in [-0.25, -0.2) is 4.79 Å². The van der Waals surface area contributed by atoms with Crippen molar-refractivity contribution in [2.45, 2.75) is 13.2 Å². The van der Waals surface area contributed by atoms with E-state index in [0.29, 0.717) is 17.1 Å². The fraction of sp³-hybridized carbons (Fsp3) is 0.235. The Morgan fingerprint density at radius 3 is 2.36 bits per heavy atom. The van der Waals surface area contributed by atoms with Gasteiger partial charge in [-0.05, 0) is 35.9 Å². The molecule has 5 nitrogen and oxygen atoms in total. The van der Waals surface area contributed by atoms with Crippen molar-refractivity contribution in [2.75, 3.05) is 14.2 Å². The highest BCUT2D eigenvalue weighted by atomic mass is 16.5. The van der Waals surface area contributed by atoms with Gasteiger partial charge in [-0.1, -0.05) is 12.1 Å². The number of carbonyl (C=O) groups is 1. The molecule has 0 aromatic heterocycles. The minimum Gasteiger partial charge on any atom is -0.497 e. The van der Waals surface area contributed by atoms with Crippen molar-refractivity contribution in [1.29, 1.82) is 0 Å². The van der Waals surface area contributed by atoms with Crippen molar-refractivity contribution in [3.63, 3.8) is 0 Å². The number of carbonyl (C=O) groups excluding carboxylic acids is 1. The van der Waals surface area contributed by atoms with Crippen molar-refractivity contribution < 1.29 is 24.1 Å². The fourth-order valence-corrected chi connectivity index (χ4v) is 1.97. The maximum Gasteiger partial charge on any atom is 0.338 e. The molecule has 0 heterocycles. The van der Waals surface area contributed by atoms with E-state index in [1.165, 1.54) is 0 Å². The summed E-state index contributed by atoms with van der Waals surface area (Å²) in [5, 5.41) is 8.98. The zero-order valence-corrected chi connectivity index (χ0v) is 12.5. The van der Waals surface area contributed by atoms with Crippen LogP contribution >= 0.6 is 0 Å². The smallest absolute Gasteiger partial charge is 0.338 e. The number of methoxy groups -OCH3 is 2. The zero-order valence-electron chi connectivity index (χ0n) is 12.5. The number of hydrogen-bond acceptors (Lipinski definition) is 5. The second kappa shape index (κ2) is 7.47. The van der Waals surface area contributed by atoms with Crippen LogP contribution in [0.15, 0.2) is 42.5 Å². The Labute approximate surface area is 129 Å². The molecule has 0 amide bonds. The van der Waals surface area contributed by atoms with Crippen molar-refractivity contribution in [3.05, 3.63) is 59.2 Å². The van der Waals surface area contributed by atoms with E-state index in [0.717, 1.165) is 11.1 Å². The molecule has 2 aromatic rings. The lowest BCUT2D eigenvalue weighted by Crippen LogP contribution is -2.06. The second-order valence-electron chi connectivity index (χ2n) is 4.61. The lowest BCUT2D eigenvalue weighted by Gasteiger charge is -2.11. The van der Waals surface area contributed by atoms with Crippen LogP contribution in [0.2, 0.25) is 0 Å². The standard InChI is InChI=1S/C17H18O5/c1-20-15-7-8-16(21-2)14(9-15)11-22-17(19)13-5-3-12(10-18)4-6-13/h3-9,18H,10-11H2,1-2H3. The average Bonchev–Trinajstić information content (AvgIpc) is 2.59. The van der Waals surface area contributed by atoms with Crippen LogP contribution in [0.1, 0.15) is 21.5 Å². The molecule has 0 atom stereocenters. The molecular formula is C17H18O5. The molecule has 5 heteroatoms. The van der Waals surface area contributed by atoms with Gasteiger partial charge in [0.2, 0.25) is 0 Å². The van der Waals surface area contributed by atoms with Gasteiger partial charge in [0.15, 0.2) is 0 Å². The summed E-state index contributed by atoms with van der Waals surface area (Å²) in [6, 6.07) is 11.9. The summed E-state index contributed by atoms with van der Waals surface area (Å²) in [5.41, 5.74) is 1.90. The van der Waals surface area contributed by atoms with Crippen LogP contribution in [0.3, 0.4) is 0 Å². The lowest BCUT2D eigenvalue weighted by molar-refractivity contribution is 0.0470. The first-order valence-electron chi connectivity index (χ1n) is 6.75. The molecule has 2 aromatic carbocycles. The number of ether oxygens (including phenoxy) is 3. The van der Waals surface area contributed by atoms with Crippen LogP contribution in [0.4, 0.5) is 0 Å². The van der Waals surface area contributed by atoms with E-state index in [2.05, 4.69) is 0 Å². The third kappa shape index (κ3) is 3.77. The first-order valence-corrected chi connectivity index (χ1v) is 6.75. The van der Waals surface area contributed by atoms with Crippen LogP contribution in [0.5, 0.6) is 11.5 Å². The van der Waals surface area contributed by atoms with Gasteiger partial charge in [0.25, 0.3) is 0 Å². The highest BCUT2D eigenvalue weighted by Gasteiger charge is 2.11. The number of esters is 1. The van der Waals surface area contributed by atoms with Crippen LogP contribution in [0, 0.1) is 0 Å². The van der Waals surface area contributed by atoms with Gasteiger partial charge in [-0.3, -0.25) is 0 Å².